The molecule has 3 rings (SSSR count). The molecule has 1 aliphatic carbocycles. The molecule has 1 aliphatic rings. The second-order valence-corrected chi connectivity index (χ2v) is 11.9. The number of hydrogen-bond donors (Lipinski definition) is 2. The first-order valence-corrected chi connectivity index (χ1v) is 13.2. The summed E-state index contributed by atoms with van der Waals surface area (Å²) in [5.41, 5.74) is 3.22. The molecule has 0 radical (unpaired) electrons. The van der Waals surface area contributed by atoms with E-state index in [0.29, 0.717) is 5.69 Å². The fourth-order valence-electron chi connectivity index (χ4n) is 3.80. The molecule has 2 unspecified atom stereocenters. The third-order valence-corrected chi connectivity index (χ3v) is 7.77. The lowest BCUT2D eigenvalue weighted by molar-refractivity contribution is 0.520. The Kier molecular flexibility index (Phi) is 6.36. The van der Waals surface area contributed by atoms with Crippen LogP contribution in [0.3, 0.4) is 0 Å². The molecule has 0 spiro atoms. The molecule has 2 atom stereocenters. The Hall–Kier alpha value is -1.90. The maximum Gasteiger partial charge on any atom is 0.229 e. The average Bonchev–Trinajstić information content (AvgIpc) is 3.08. The van der Waals surface area contributed by atoms with E-state index < -0.39 is 25.3 Å². The summed E-state index contributed by atoms with van der Waals surface area (Å²) in [5, 5.41) is -0.516. The summed E-state index contributed by atoms with van der Waals surface area (Å²) in [6.45, 7) is 3.30. The predicted octanol–water partition coefficient (Wildman–Crippen LogP) is 3.69. The number of nitrogens with one attached hydrogen (secondary N) is 2. The van der Waals surface area contributed by atoms with Crippen molar-refractivity contribution in [1.29, 1.82) is 0 Å². The van der Waals surface area contributed by atoms with E-state index in [-0.39, 0.29) is 12.0 Å². The van der Waals surface area contributed by atoms with Crippen molar-refractivity contribution in [3.63, 3.8) is 0 Å². The van der Waals surface area contributed by atoms with E-state index in [4.69, 9.17) is 0 Å². The third-order valence-electron chi connectivity index (χ3n) is 5.31. The Bertz CT molecular complexity index is 1070. The van der Waals surface area contributed by atoms with E-state index >= 15 is 0 Å². The molecule has 1 saturated carbocycles. The van der Waals surface area contributed by atoms with Crippen LogP contribution in [0.5, 0.6) is 0 Å². The fourth-order valence-corrected chi connectivity index (χ4v) is 5.35. The monoisotopic (exact) mass is 436 g/mol. The number of sulfonamides is 2. The van der Waals surface area contributed by atoms with Gasteiger partial charge < -0.3 is 0 Å². The van der Waals surface area contributed by atoms with Crippen molar-refractivity contribution in [2.45, 2.75) is 50.3 Å². The van der Waals surface area contributed by atoms with Gasteiger partial charge in [0.2, 0.25) is 20.0 Å². The second-order valence-electron chi connectivity index (χ2n) is 7.90. The Morgan fingerprint density at radius 1 is 0.931 bits per heavy atom. The number of anilines is 1. The molecule has 29 heavy (non-hydrogen) atoms. The molecule has 1 fully saturated rings. The highest BCUT2D eigenvalue weighted by atomic mass is 32.2. The average molecular weight is 437 g/mol. The normalized spacial score (nSPS) is 20.1. The fraction of sp³-hybridized carbons (Fsp3) is 0.429. The third kappa shape index (κ3) is 5.38. The van der Waals surface area contributed by atoms with Gasteiger partial charge >= 0.3 is 0 Å². The molecule has 8 heteroatoms. The summed E-state index contributed by atoms with van der Waals surface area (Å²) >= 11 is 0. The maximum absolute atomic E-state index is 12.4. The molecule has 158 valence electrons. The molecule has 2 aromatic rings. The molecule has 0 amide bonds. The van der Waals surface area contributed by atoms with Crippen LogP contribution in [0, 0.1) is 0 Å². The van der Waals surface area contributed by atoms with E-state index in [1.165, 1.54) is 0 Å². The highest BCUT2D eigenvalue weighted by Gasteiger charge is 2.34. The zero-order chi connectivity index (χ0) is 21.2. The van der Waals surface area contributed by atoms with E-state index in [1.54, 1.807) is 13.8 Å². The van der Waals surface area contributed by atoms with Gasteiger partial charge in [-0.3, -0.25) is 4.72 Å². The van der Waals surface area contributed by atoms with Gasteiger partial charge in [-0.1, -0.05) is 48.9 Å². The van der Waals surface area contributed by atoms with Crippen LogP contribution in [0.4, 0.5) is 5.69 Å². The van der Waals surface area contributed by atoms with E-state index in [0.717, 1.165) is 42.2 Å². The number of benzene rings is 2. The lowest BCUT2D eigenvalue weighted by Gasteiger charge is -2.25. The highest BCUT2D eigenvalue weighted by molar-refractivity contribution is 7.92. The minimum Gasteiger partial charge on any atom is -0.283 e. The van der Waals surface area contributed by atoms with Crippen LogP contribution in [0.2, 0.25) is 0 Å². The van der Waals surface area contributed by atoms with Crippen LogP contribution < -0.4 is 9.44 Å². The van der Waals surface area contributed by atoms with Crippen LogP contribution in [0.1, 0.15) is 44.6 Å². The Labute approximate surface area is 173 Å². The van der Waals surface area contributed by atoms with Gasteiger partial charge in [0.05, 0.1) is 17.2 Å². The summed E-state index contributed by atoms with van der Waals surface area (Å²) in [7, 11) is -6.89. The van der Waals surface area contributed by atoms with E-state index in [2.05, 4.69) is 9.44 Å². The van der Waals surface area contributed by atoms with Gasteiger partial charge in [0.1, 0.15) is 0 Å². The van der Waals surface area contributed by atoms with Crippen molar-refractivity contribution in [3.05, 3.63) is 54.1 Å². The first-order chi connectivity index (χ1) is 13.6. The van der Waals surface area contributed by atoms with Gasteiger partial charge in [-0.05, 0) is 49.4 Å². The van der Waals surface area contributed by atoms with Gasteiger partial charge in [0.15, 0.2) is 0 Å². The molecule has 0 heterocycles. The van der Waals surface area contributed by atoms with Gasteiger partial charge in [0.25, 0.3) is 0 Å². The zero-order valence-electron chi connectivity index (χ0n) is 16.9. The first kappa shape index (κ1) is 21.8. The molecule has 2 N–H and O–H groups in total. The summed E-state index contributed by atoms with van der Waals surface area (Å²) < 4.78 is 54.2. The molecular formula is C21H28N2O4S2. The van der Waals surface area contributed by atoms with Crippen molar-refractivity contribution in [2.75, 3.05) is 11.0 Å². The van der Waals surface area contributed by atoms with Crippen LogP contribution in [0.25, 0.3) is 11.1 Å². The number of rotatable bonds is 7. The Morgan fingerprint density at radius 3 is 2.24 bits per heavy atom. The van der Waals surface area contributed by atoms with Crippen molar-refractivity contribution < 1.29 is 16.8 Å². The van der Waals surface area contributed by atoms with Gasteiger partial charge in [-0.2, -0.15) is 0 Å². The smallest absolute Gasteiger partial charge is 0.229 e. The quantitative estimate of drug-likeness (QED) is 0.692. The number of hydrogen-bond acceptors (Lipinski definition) is 4. The summed E-state index contributed by atoms with van der Waals surface area (Å²) in [4.78, 5) is 0. The SMILES string of the molecule is CC(C)S(=O)(=O)NC1CCCC1c1ccc(-c2ccccc2)cc1NS(C)(=O)=O. The van der Waals surface area contributed by atoms with Crippen LogP contribution in [-0.4, -0.2) is 34.4 Å². The molecular weight excluding hydrogens is 408 g/mol. The lowest BCUT2D eigenvalue weighted by Crippen LogP contribution is -2.40. The Morgan fingerprint density at radius 2 is 1.62 bits per heavy atom. The van der Waals surface area contributed by atoms with Gasteiger partial charge in [0, 0.05) is 12.0 Å². The highest BCUT2D eigenvalue weighted by Crippen LogP contribution is 2.40. The zero-order valence-corrected chi connectivity index (χ0v) is 18.6. The summed E-state index contributed by atoms with van der Waals surface area (Å²) in [5.74, 6) is -0.0856. The first-order valence-electron chi connectivity index (χ1n) is 9.75. The predicted molar refractivity (Wildman–Crippen MR) is 118 cm³/mol. The van der Waals surface area contributed by atoms with E-state index in [9.17, 15) is 16.8 Å². The molecule has 0 aromatic heterocycles. The van der Waals surface area contributed by atoms with Crippen molar-refractivity contribution >= 4 is 25.7 Å². The van der Waals surface area contributed by atoms with Crippen molar-refractivity contribution in [2.24, 2.45) is 0 Å². The molecule has 2 aromatic carbocycles. The lowest BCUT2D eigenvalue weighted by atomic mass is 9.91. The van der Waals surface area contributed by atoms with Crippen LogP contribution >= 0.6 is 0 Å². The summed E-state index contributed by atoms with van der Waals surface area (Å²) in [6, 6.07) is 15.2. The van der Waals surface area contributed by atoms with Crippen molar-refractivity contribution in [1.82, 2.24) is 4.72 Å². The van der Waals surface area contributed by atoms with E-state index in [1.807, 2.05) is 48.5 Å². The topological polar surface area (TPSA) is 92.3 Å². The van der Waals surface area contributed by atoms with Crippen molar-refractivity contribution in [3.8, 4) is 11.1 Å². The summed E-state index contributed by atoms with van der Waals surface area (Å²) in [6.07, 6.45) is 3.54. The standard InChI is InChI=1S/C21H28N2O4S2/c1-15(2)29(26,27)23-20-11-7-10-18(20)19-13-12-17(16-8-5-4-6-9-16)14-21(19)22-28(3,24)25/h4-6,8-9,12-15,18,20,22-23H,7,10-11H2,1-3H3. The largest absolute Gasteiger partial charge is 0.283 e. The molecule has 0 saturated heterocycles. The molecule has 0 aliphatic heterocycles. The maximum atomic E-state index is 12.4. The molecule has 6 nitrogen and oxygen atoms in total. The minimum atomic E-state index is -3.48. The minimum absolute atomic E-state index is 0.0856. The second kappa shape index (κ2) is 8.45. The van der Waals surface area contributed by atoms with Gasteiger partial charge in [-0.25, -0.2) is 21.6 Å². The van der Waals surface area contributed by atoms with Gasteiger partial charge in [-0.15, -0.1) is 0 Å². The Balaban J connectivity index is 2.01. The van der Waals surface area contributed by atoms with Crippen LogP contribution in [-0.2, 0) is 20.0 Å². The molecule has 0 bridgehead atoms. The van der Waals surface area contributed by atoms with Crippen LogP contribution in [0.15, 0.2) is 48.5 Å².